The average Bonchev–Trinajstić information content (AvgIpc) is 2.32. The van der Waals surface area contributed by atoms with Crippen LogP contribution in [-0.2, 0) is 11.3 Å². The van der Waals surface area contributed by atoms with E-state index in [-0.39, 0.29) is 5.69 Å². The Morgan fingerprint density at radius 3 is 3.00 bits per heavy atom. The van der Waals surface area contributed by atoms with Crippen LogP contribution in [0.2, 0.25) is 0 Å². The summed E-state index contributed by atoms with van der Waals surface area (Å²) in [6, 6.07) is 0.448. The van der Waals surface area contributed by atoms with Crippen LogP contribution in [0.3, 0.4) is 0 Å². The number of aromatic amines is 2. The molecule has 1 saturated heterocycles. The molecular formula is C7H11N3O2. The first-order valence-electron chi connectivity index (χ1n) is 3.92. The van der Waals surface area contributed by atoms with Gasteiger partial charge in [-0.2, -0.15) is 0 Å². The molecule has 1 aliphatic rings. The molecule has 5 heteroatoms. The first kappa shape index (κ1) is 7.57. The van der Waals surface area contributed by atoms with Crippen LogP contribution < -0.4 is 11.0 Å². The zero-order valence-electron chi connectivity index (χ0n) is 6.59. The third kappa shape index (κ3) is 1.57. The van der Waals surface area contributed by atoms with E-state index < -0.39 is 0 Å². The Kier molecular flexibility index (Phi) is 1.97. The quantitative estimate of drug-likeness (QED) is 0.554. The van der Waals surface area contributed by atoms with E-state index in [1.165, 1.54) is 0 Å². The SMILES string of the molecule is O=c1[nH]cc(CNC2COC2)[nH]1. The second kappa shape index (κ2) is 3.12. The van der Waals surface area contributed by atoms with Gasteiger partial charge < -0.3 is 20.0 Å². The first-order valence-corrected chi connectivity index (χ1v) is 3.92. The monoisotopic (exact) mass is 169 g/mol. The van der Waals surface area contributed by atoms with Crippen molar-refractivity contribution in [2.24, 2.45) is 0 Å². The summed E-state index contributed by atoms with van der Waals surface area (Å²) in [5.74, 6) is 0. The molecule has 0 atom stereocenters. The van der Waals surface area contributed by atoms with Crippen LogP contribution in [0.5, 0.6) is 0 Å². The van der Waals surface area contributed by atoms with Gasteiger partial charge in [0.15, 0.2) is 0 Å². The summed E-state index contributed by atoms with van der Waals surface area (Å²) in [4.78, 5) is 15.9. The van der Waals surface area contributed by atoms with E-state index in [4.69, 9.17) is 4.74 Å². The van der Waals surface area contributed by atoms with Crippen LogP contribution in [0.25, 0.3) is 0 Å². The fourth-order valence-electron chi connectivity index (χ4n) is 1.07. The van der Waals surface area contributed by atoms with Gasteiger partial charge in [-0.05, 0) is 0 Å². The molecule has 5 nitrogen and oxygen atoms in total. The van der Waals surface area contributed by atoms with Gasteiger partial charge in [-0.15, -0.1) is 0 Å². The van der Waals surface area contributed by atoms with Crippen molar-refractivity contribution < 1.29 is 4.74 Å². The van der Waals surface area contributed by atoms with Gasteiger partial charge in [0.2, 0.25) is 0 Å². The lowest BCUT2D eigenvalue weighted by molar-refractivity contribution is -0.00590. The van der Waals surface area contributed by atoms with E-state index in [1.807, 2.05) is 0 Å². The van der Waals surface area contributed by atoms with Crippen LogP contribution in [0, 0.1) is 0 Å². The van der Waals surface area contributed by atoms with Gasteiger partial charge in [-0.1, -0.05) is 0 Å². The highest BCUT2D eigenvalue weighted by molar-refractivity contribution is 4.94. The molecule has 0 aliphatic carbocycles. The lowest BCUT2D eigenvalue weighted by atomic mass is 10.2. The molecule has 0 spiro atoms. The smallest absolute Gasteiger partial charge is 0.323 e. The Hall–Kier alpha value is -1.07. The molecule has 1 aromatic heterocycles. The Bertz CT molecular complexity index is 300. The highest BCUT2D eigenvalue weighted by Crippen LogP contribution is 2.00. The Labute approximate surface area is 69.1 Å². The highest BCUT2D eigenvalue weighted by atomic mass is 16.5. The van der Waals surface area contributed by atoms with Crippen molar-refractivity contribution in [3.05, 3.63) is 22.4 Å². The number of aromatic nitrogens is 2. The maximum Gasteiger partial charge on any atom is 0.323 e. The largest absolute Gasteiger partial charge is 0.378 e. The maximum absolute atomic E-state index is 10.7. The van der Waals surface area contributed by atoms with E-state index in [0.717, 1.165) is 18.9 Å². The van der Waals surface area contributed by atoms with Crippen molar-refractivity contribution in [3.8, 4) is 0 Å². The van der Waals surface area contributed by atoms with Gasteiger partial charge >= 0.3 is 5.69 Å². The van der Waals surface area contributed by atoms with Crippen molar-refractivity contribution in [1.82, 2.24) is 15.3 Å². The third-order valence-electron chi connectivity index (χ3n) is 1.87. The topological polar surface area (TPSA) is 69.9 Å². The Balaban J connectivity index is 1.82. The summed E-state index contributed by atoms with van der Waals surface area (Å²) in [6.07, 6.45) is 1.68. The number of hydrogen-bond donors (Lipinski definition) is 3. The molecule has 3 N–H and O–H groups in total. The zero-order chi connectivity index (χ0) is 8.39. The van der Waals surface area contributed by atoms with Crippen molar-refractivity contribution in [2.45, 2.75) is 12.6 Å². The first-order chi connectivity index (χ1) is 5.84. The minimum absolute atomic E-state index is 0.156. The summed E-state index contributed by atoms with van der Waals surface area (Å²) in [5.41, 5.74) is 0.726. The van der Waals surface area contributed by atoms with Gasteiger partial charge in [0.1, 0.15) is 0 Å². The molecule has 1 aromatic rings. The summed E-state index contributed by atoms with van der Waals surface area (Å²) >= 11 is 0. The van der Waals surface area contributed by atoms with Crippen molar-refractivity contribution in [3.63, 3.8) is 0 Å². The van der Waals surface area contributed by atoms with Crippen LogP contribution in [0.1, 0.15) is 5.69 Å². The molecule has 0 saturated carbocycles. The zero-order valence-corrected chi connectivity index (χ0v) is 6.59. The van der Waals surface area contributed by atoms with Gasteiger partial charge in [0.25, 0.3) is 0 Å². The second-order valence-corrected chi connectivity index (χ2v) is 2.88. The van der Waals surface area contributed by atoms with E-state index in [1.54, 1.807) is 6.20 Å². The van der Waals surface area contributed by atoms with Crippen LogP contribution in [-0.4, -0.2) is 29.2 Å². The van der Waals surface area contributed by atoms with Crippen LogP contribution in [0.15, 0.2) is 11.0 Å². The maximum atomic E-state index is 10.7. The molecule has 1 aliphatic heterocycles. The molecule has 2 rings (SSSR count). The molecule has 2 heterocycles. The minimum atomic E-state index is -0.156. The number of H-pyrrole nitrogens is 2. The number of rotatable bonds is 3. The summed E-state index contributed by atoms with van der Waals surface area (Å²) in [5, 5.41) is 3.23. The minimum Gasteiger partial charge on any atom is -0.378 e. The summed E-state index contributed by atoms with van der Waals surface area (Å²) in [6.45, 7) is 2.23. The fourth-order valence-corrected chi connectivity index (χ4v) is 1.07. The van der Waals surface area contributed by atoms with Gasteiger partial charge in [-0.3, -0.25) is 0 Å². The number of ether oxygens (including phenoxy) is 1. The van der Waals surface area contributed by atoms with E-state index in [9.17, 15) is 4.79 Å². The highest BCUT2D eigenvalue weighted by Gasteiger charge is 2.16. The standard InChI is InChI=1S/C7H11N3O2/c11-7-9-2-5(10-7)1-8-6-3-12-4-6/h2,6,8H,1,3-4H2,(H2,9,10,11). The number of nitrogens with one attached hydrogen (secondary N) is 3. The van der Waals surface area contributed by atoms with Crippen molar-refractivity contribution >= 4 is 0 Å². The molecule has 0 radical (unpaired) electrons. The molecular weight excluding hydrogens is 158 g/mol. The predicted octanol–water partition coefficient (Wildman–Crippen LogP) is -0.809. The number of imidazole rings is 1. The number of hydrogen-bond acceptors (Lipinski definition) is 3. The van der Waals surface area contributed by atoms with Gasteiger partial charge in [-0.25, -0.2) is 4.79 Å². The Morgan fingerprint density at radius 2 is 2.50 bits per heavy atom. The van der Waals surface area contributed by atoms with Gasteiger partial charge in [0, 0.05) is 18.4 Å². The molecule has 0 amide bonds. The van der Waals surface area contributed by atoms with Crippen LogP contribution in [0.4, 0.5) is 0 Å². The molecule has 0 aromatic carbocycles. The van der Waals surface area contributed by atoms with Crippen molar-refractivity contribution in [1.29, 1.82) is 0 Å². The van der Waals surface area contributed by atoms with E-state index in [2.05, 4.69) is 15.3 Å². The fraction of sp³-hybridized carbons (Fsp3) is 0.571. The molecule has 0 unspecified atom stereocenters. The van der Waals surface area contributed by atoms with E-state index in [0.29, 0.717) is 12.6 Å². The average molecular weight is 169 g/mol. The molecule has 1 fully saturated rings. The lowest BCUT2D eigenvalue weighted by Gasteiger charge is -2.26. The van der Waals surface area contributed by atoms with Crippen LogP contribution >= 0.6 is 0 Å². The Morgan fingerprint density at radius 1 is 1.67 bits per heavy atom. The molecule has 12 heavy (non-hydrogen) atoms. The summed E-state index contributed by atoms with van der Waals surface area (Å²) < 4.78 is 4.99. The predicted molar refractivity (Wildman–Crippen MR) is 42.9 cm³/mol. The summed E-state index contributed by atoms with van der Waals surface area (Å²) in [7, 11) is 0. The third-order valence-corrected chi connectivity index (χ3v) is 1.87. The molecule has 0 bridgehead atoms. The second-order valence-electron chi connectivity index (χ2n) is 2.88. The van der Waals surface area contributed by atoms with E-state index >= 15 is 0 Å². The molecule has 66 valence electrons. The van der Waals surface area contributed by atoms with Crippen molar-refractivity contribution in [2.75, 3.05) is 13.2 Å². The lowest BCUT2D eigenvalue weighted by Crippen LogP contribution is -2.45. The normalized spacial score (nSPS) is 17.7. The van der Waals surface area contributed by atoms with Gasteiger partial charge in [0.05, 0.1) is 19.3 Å².